The van der Waals surface area contributed by atoms with Gasteiger partial charge >= 0.3 is 11.7 Å². The smallest absolute Gasteiger partial charge is 0.350 e. The van der Waals surface area contributed by atoms with Crippen LogP contribution in [0, 0.1) is 11.3 Å². The molecule has 0 atom stereocenters. The van der Waals surface area contributed by atoms with Crippen molar-refractivity contribution in [3.63, 3.8) is 0 Å². The first-order chi connectivity index (χ1) is 11.1. The fraction of sp³-hybridized carbons (Fsp3) is 0.154. The van der Waals surface area contributed by atoms with E-state index in [4.69, 9.17) is 10.00 Å². The lowest BCUT2D eigenvalue weighted by molar-refractivity contribution is 0.0600. The van der Waals surface area contributed by atoms with Gasteiger partial charge in [0.15, 0.2) is 10.8 Å². The zero-order valence-electron chi connectivity index (χ0n) is 11.8. The van der Waals surface area contributed by atoms with Gasteiger partial charge in [0, 0.05) is 10.6 Å². The summed E-state index contributed by atoms with van der Waals surface area (Å²) in [6, 6.07) is 3.63. The van der Waals surface area contributed by atoms with Crippen LogP contribution in [-0.2, 0) is 10.5 Å². The molecule has 3 aromatic heterocycles. The summed E-state index contributed by atoms with van der Waals surface area (Å²) in [7, 11) is 1.33. The van der Waals surface area contributed by atoms with Crippen molar-refractivity contribution in [3.05, 3.63) is 44.1 Å². The van der Waals surface area contributed by atoms with Gasteiger partial charge in [0.05, 0.1) is 18.9 Å². The predicted octanol–water partition coefficient (Wildman–Crippen LogP) is 1.43. The minimum Gasteiger partial charge on any atom is -0.465 e. The molecule has 0 spiro atoms. The van der Waals surface area contributed by atoms with Crippen molar-refractivity contribution in [2.24, 2.45) is 0 Å². The summed E-state index contributed by atoms with van der Waals surface area (Å²) in [5.74, 6) is 0.0401. The average Bonchev–Trinajstić information content (AvgIpc) is 3.18. The number of methoxy groups -OCH3 is 1. The molecule has 23 heavy (non-hydrogen) atoms. The van der Waals surface area contributed by atoms with E-state index >= 15 is 0 Å². The fourth-order valence-electron chi connectivity index (χ4n) is 1.89. The van der Waals surface area contributed by atoms with E-state index in [1.54, 1.807) is 11.4 Å². The van der Waals surface area contributed by atoms with Crippen LogP contribution in [0.2, 0.25) is 0 Å². The molecule has 0 aromatic carbocycles. The molecule has 0 fully saturated rings. The molecule has 0 aliphatic heterocycles. The van der Waals surface area contributed by atoms with Gasteiger partial charge in [-0.25, -0.2) is 14.6 Å². The quantitative estimate of drug-likeness (QED) is 0.561. The summed E-state index contributed by atoms with van der Waals surface area (Å²) < 4.78 is 5.76. The van der Waals surface area contributed by atoms with Crippen LogP contribution < -0.4 is 5.69 Å². The number of hydrogen-bond donors (Lipinski definition) is 1. The second-order valence-electron chi connectivity index (χ2n) is 4.29. The molecule has 0 radical (unpaired) electrons. The molecule has 3 heterocycles. The third-order valence-corrected chi connectivity index (χ3v) is 4.97. The molecule has 0 unspecified atom stereocenters. The average molecular weight is 347 g/mol. The highest BCUT2D eigenvalue weighted by Gasteiger charge is 2.15. The van der Waals surface area contributed by atoms with E-state index in [9.17, 15) is 9.59 Å². The summed E-state index contributed by atoms with van der Waals surface area (Å²) >= 11 is 2.68. The Bertz CT molecular complexity index is 982. The van der Waals surface area contributed by atoms with E-state index in [-0.39, 0.29) is 11.2 Å². The van der Waals surface area contributed by atoms with E-state index in [0.29, 0.717) is 16.5 Å². The minimum atomic E-state index is -0.474. The van der Waals surface area contributed by atoms with Crippen LogP contribution in [-0.4, -0.2) is 32.7 Å². The van der Waals surface area contributed by atoms with Crippen LogP contribution in [0.1, 0.15) is 20.8 Å². The molecule has 0 aliphatic carbocycles. The summed E-state index contributed by atoms with van der Waals surface area (Å²) in [6.45, 7) is 0. The number of rotatable bonds is 4. The van der Waals surface area contributed by atoms with Gasteiger partial charge in [0.2, 0.25) is 0 Å². The summed E-state index contributed by atoms with van der Waals surface area (Å²) in [5.41, 5.74) is 0.455. The van der Waals surface area contributed by atoms with Crippen LogP contribution >= 0.6 is 23.1 Å². The molecule has 116 valence electrons. The number of carbonyl (C=O) groups excluding carboxylic acids is 1. The lowest BCUT2D eigenvalue weighted by Crippen LogP contribution is -2.19. The first-order valence-electron chi connectivity index (χ1n) is 6.29. The van der Waals surface area contributed by atoms with Gasteiger partial charge in [-0.2, -0.15) is 14.9 Å². The molecule has 0 amide bonds. The second-order valence-corrected chi connectivity index (χ2v) is 6.25. The molecular weight excluding hydrogens is 338 g/mol. The van der Waals surface area contributed by atoms with Crippen molar-refractivity contribution in [1.82, 2.24) is 19.6 Å². The number of thioether (sulfide) groups is 1. The monoisotopic (exact) mass is 347 g/mol. The predicted molar refractivity (Wildman–Crippen MR) is 83.5 cm³/mol. The maximum Gasteiger partial charge on any atom is 0.350 e. The van der Waals surface area contributed by atoms with Crippen molar-refractivity contribution < 1.29 is 9.53 Å². The molecule has 1 N–H and O–H groups in total. The largest absolute Gasteiger partial charge is 0.465 e. The number of carbonyl (C=O) groups is 1. The van der Waals surface area contributed by atoms with Crippen LogP contribution in [0.25, 0.3) is 5.65 Å². The first-order valence-corrected chi connectivity index (χ1v) is 8.16. The van der Waals surface area contributed by atoms with Gasteiger partial charge in [0.1, 0.15) is 11.6 Å². The number of ether oxygens (including phenoxy) is 1. The van der Waals surface area contributed by atoms with Crippen molar-refractivity contribution in [1.29, 1.82) is 5.26 Å². The molecule has 0 aliphatic rings. The van der Waals surface area contributed by atoms with Gasteiger partial charge in [-0.15, -0.1) is 11.3 Å². The Kier molecular flexibility index (Phi) is 4.14. The van der Waals surface area contributed by atoms with Crippen molar-refractivity contribution in [2.75, 3.05) is 7.11 Å². The summed E-state index contributed by atoms with van der Waals surface area (Å²) in [4.78, 5) is 31.2. The van der Waals surface area contributed by atoms with E-state index < -0.39 is 11.7 Å². The normalized spacial score (nSPS) is 10.6. The SMILES string of the molecule is COC(=O)c1ccsc1CSc1nc2c(C#N)cnn2c(=O)[nH]1. The highest BCUT2D eigenvalue weighted by atomic mass is 32.2. The maximum atomic E-state index is 11.9. The Morgan fingerprint density at radius 1 is 1.61 bits per heavy atom. The molecule has 3 rings (SSSR count). The Balaban J connectivity index is 1.88. The van der Waals surface area contributed by atoms with Gasteiger partial charge in [-0.05, 0) is 11.4 Å². The van der Waals surface area contributed by atoms with Gasteiger partial charge in [0.25, 0.3) is 0 Å². The van der Waals surface area contributed by atoms with Crippen LogP contribution in [0.5, 0.6) is 0 Å². The molecule has 10 heteroatoms. The number of thiophene rings is 1. The van der Waals surface area contributed by atoms with E-state index in [0.717, 1.165) is 9.39 Å². The van der Waals surface area contributed by atoms with Crippen molar-refractivity contribution in [2.45, 2.75) is 10.9 Å². The first kappa shape index (κ1) is 15.3. The minimum absolute atomic E-state index is 0.207. The second kappa shape index (κ2) is 6.23. The van der Waals surface area contributed by atoms with Crippen molar-refractivity contribution in [3.8, 4) is 6.07 Å². The van der Waals surface area contributed by atoms with Gasteiger partial charge in [-0.1, -0.05) is 11.8 Å². The number of fused-ring (bicyclic) bond motifs is 1. The number of hydrogen-bond acceptors (Lipinski definition) is 8. The number of aromatic nitrogens is 4. The molecule has 0 bridgehead atoms. The number of H-pyrrole nitrogens is 1. The van der Waals surface area contributed by atoms with E-state index in [1.807, 2.05) is 6.07 Å². The fourth-order valence-corrected chi connectivity index (χ4v) is 3.72. The van der Waals surface area contributed by atoms with Crippen LogP contribution in [0.15, 0.2) is 27.6 Å². The zero-order valence-corrected chi connectivity index (χ0v) is 13.4. The van der Waals surface area contributed by atoms with E-state index in [1.165, 1.54) is 36.4 Å². The third kappa shape index (κ3) is 2.84. The van der Waals surface area contributed by atoms with E-state index in [2.05, 4.69) is 15.1 Å². The van der Waals surface area contributed by atoms with Crippen LogP contribution in [0.4, 0.5) is 0 Å². The standard InChI is InChI=1S/C13H9N5O3S2/c1-21-11(19)8-2-3-22-9(8)6-23-12-16-10-7(4-14)5-15-18(10)13(20)17-12/h2-3,5H,6H2,1H3,(H,16,17,20). The molecule has 3 aromatic rings. The number of aromatic amines is 1. The van der Waals surface area contributed by atoms with Gasteiger partial charge in [-0.3, -0.25) is 4.98 Å². The molecule has 8 nitrogen and oxygen atoms in total. The molecule has 0 saturated heterocycles. The highest BCUT2D eigenvalue weighted by molar-refractivity contribution is 7.98. The Hall–Kier alpha value is -2.64. The molecule has 0 saturated carbocycles. The third-order valence-electron chi connectivity index (χ3n) is 2.97. The van der Waals surface area contributed by atoms with Crippen molar-refractivity contribution >= 4 is 34.7 Å². The lowest BCUT2D eigenvalue weighted by atomic mass is 10.3. The summed E-state index contributed by atoms with van der Waals surface area (Å²) in [6.07, 6.45) is 1.29. The lowest BCUT2D eigenvalue weighted by Gasteiger charge is -2.02. The Morgan fingerprint density at radius 2 is 2.43 bits per heavy atom. The number of nitriles is 1. The zero-order chi connectivity index (χ0) is 16.4. The number of nitrogens with one attached hydrogen (secondary N) is 1. The van der Waals surface area contributed by atoms with Gasteiger partial charge < -0.3 is 4.74 Å². The topological polar surface area (TPSA) is 113 Å². The number of esters is 1. The maximum absolute atomic E-state index is 11.9. The van der Waals surface area contributed by atoms with Crippen LogP contribution in [0.3, 0.4) is 0 Å². The Labute approximate surface area is 137 Å². The summed E-state index contributed by atoms with van der Waals surface area (Å²) in [5, 5.41) is 15.0. The molecular formula is C13H9N5O3S2. The Morgan fingerprint density at radius 3 is 3.17 bits per heavy atom. The number of nitrogens with zero attached hydrogens (tertiary/aromatic N) is 4. The highest BCUT2D eigenvalue weighted by Crippen LogP contribution is 2.26.